The fourth-order valence-corrected chi connectivity index (χ4v) is 4.35. The SMILES string of the molecule is CC.CC.COC(=O)CC/C(C)=C/Cc1c(OC)c(C)c2c(c1OC(=O)C(C)CCCOC(=O)CCC(C)(C)C)C(=O)OC2. The van der Waals surface area contributed by atoms with Gasteiger partial charge in [0, 0.05) is 24.0 Å². The van der Waals surface area contributed by atoms with Gasteiger partial charge in [0.1, 0.15) is 17.9 Å². The molecule has 1 aromatic rings. The van der Waals surface area contributed by atoms with E-state index in [4.69, 9.17) is 23.7 Å². The van der Waals surface area contributed by atoms with Crippen LogP contribution in [0.2, 0.25) is 0 Å². The Hall–Kier alpha value is -3.36. The topological polar surface area (TPSA) is 114 Å². The molecule has 0 aromatic heterocycles. The number of methoxy groups -OCH3 is 2. The van der Waals surface area contributed by atoms with Crippen LogP contribution in [0, 0.1) is 18.3 Å². The van der Waals surface area contributed by atoms with Crippen molar-refractivity contribution in [1.82, 2.24) is 0 Å². The number of fused-ring (bicyclic) bond motifs is 1. The monoisotopic (exact) mass is 620 g/mol. The third kappa shape index (κ3) is 13.1. The molecule has 1 atom stereocenters. The Morgan fingerprint density at radius 2 is 1.61 bits per heavy atom. The third-order valence-corrected chi connectivity index (χ3v) is 6.96. The van der Waals surface area contributed by atoms with Gasteiger partial charge in [-0.05, 0) is 56.9 Å². The highest BCUT2D eigenvalue weighted by Gasteiger charge is 2.34. The van der Waals surface area contributed by atoms with Crippen molar-refractivity contribution in [2.45, 2.75) is 121 Å². The lowest BCUT2D eigenvalue weighted by molar-refractivity contribution is -0.144. The molecule has 0 amide bonds. The minimum atomic E-state index is -0.550. The first-order valence-electron chi connectivity index (χ1n) is 15.8. The van der Waals surface area contributed by atoms with Gasteiger partial charge < -0.3 is 23.7 Å². The second-order valence-electron chi connectivity index (χ2n) is 11.5. The highest BCUT2D eigenvalue weighted by Crippen LogP contribution is 2.43. The van der Waals surface area contributed by atoms with E-state index >= 15 is 0 Å². The van der Waals surface area contributed by atoms with Gasteiger partial charge in [0.15, 0.2) is 5.75 Å². The van der Waals surface area contributed by atoms with Gasteiger partial charge in [-0.2, -0.15) is 0 Å². The molecule has 1 aliphatic rings. The predicted octanol–water partition coefficient (Wildman–Crippen LogP) is 7.86. The Bertz CT molecular complexity index is 1130. The maximum atomic E-state index is 13.2. The van der Waals surface area contributed by atoms with Gasteiger partial charge in [-0.15, -0.1) is 0 Å². The second-order valence-corrected chi connectivity index (χ2v) is 11.5. The molecule has 9 nitrogen and oxygen atoms in total. The number of hydrogen-bond acceptors (Lipinski definition) is 9. The summed E-state index contributed by atoms with van der Waals surface area (Å²) in [5.74, 6) is -1.44. The van der Waals surface area contributed by atoms with Crippen molar-refractivity contribution in [2.24, 2.45) is 11.3 Å². The molecule has 1 unspecified atom stereocenters. The zero-order valence-electron chi connectivity index (χ0n) is 29.2. The first-order valence-corrected chi connectivity index (χ1v) is 15.8. The van der Waals surface area contributed by atoms with Crippen molar-refractivity contribution in [3.8, 4) is 11.5 Å². The molecule has 0 saturated heterocycles. The van der Waals surface area contributed by atoms with Crippen LogP contribution in [-0.2, 0) is 41.6 Å². The smallest absolute Gasteiger partial charge is 0.342 e. The molecule has 0 bridgehead atoms. The molecule has 0 aliphatic carbocycles. The number of allylic oxidation sites excluding steroid dienone is 2. The van der Waals surface area contributed by atoms with E-state index in [0.29, 0.717) is 49.0 Å². The number of esters is 4. The maximum absolute atomic E-state index is 13.2. The number of benzene rings is 1. The van der Waals surface area contributed by atoms with Gasteiger partial charge in [-0.25, -0.2) is 4.79 Å². The molecule has 0 radical (unpaired) electrons. The Morgan fingerprint density at radius 3 is 2.18 bits per heavy atom. The van der Waals surface area contributed by atoms with Crippen LogP contribution in [0.5, 0.6) is 11.5 Å². The number of ether oxygens (including phenoxy) is 5. The molecular formula is C35H56O9. The van der Waals surface area contributed by atoms with Crippen LogP contribution in [0.4, 0.5) is 0 Å². The standard InChI is InChI=1S/C31H44O9.2C2H6/c1-19(12-14-24(32)36-7)11-13-22-27(37-8)21(3)23-18-39-30(35)26(23)28(22)40-29(34)20(2)10-9-17-38-25(33)15-16-31(4,5)6;2*1-2/h11,20H,9-10,12-18H2,1-8H3;2*1-2H3/b19-11+;;. The molecule has 2 rings (SSSR count). The van der Waals surface area contributed by atoms with E-state index in [1.165, 1.54) is 14.2 Å². The zero-order valence-corrected chi connectivity index (χ0v) is 29.2. The van der Waals surface area contributed by atoms with E-state index in [2.05, 4.69) is 20.8 Å². The van der Waals surface area contributed by atoms with Crippen molar-refractivity contribution in [3.63, 3.8) is 0 Å². The largest absolute Gasteiger partial charge is 0.496 e. The van der Waals surface area contributed by atoms with Crippen molar-refractivity contribution in [2.75, 3.05) is 20.8 Å². The summed E-state index contributed by atoms with van der Waals surface area (Å²) in [5, 5.41) is 0. The predicted molar refractivity (Wildman–Crippen MR) is 172 cm³/mol. The molecule has 250 valence electrons. The van der Waals surface area contributed by atoms with E-state index in [1.807, 2.05) is 47.6 Å². The summed E-state index contributed by atoms with van der Waals surface area (Å²) >= 11 is 0. The number of cyclic esters (lactones) is 1. The molecule has 1 heterocycles. The number of carbonyl (C=O) groups excluding carboxylic acids is 4. The molecule has 0 fully saturated rings. The Kier molecular flexibility index (Phi) is 19.0. The third-order valence-electron chi connectivity index (χ3n) is 6.96. The van der Waals surface area contributed by atoms with Crippen molar-refractivity contribution in [3.05, 3.63) is 33.9 Å². The van der Waals surface area contributed by atoms with Crippen LogP contribution in [0.3, 0.4) is 0 Å². The molecule has 0 saturated carbocycles. The lowest BCUT2D eigenvalue weighted by Gasteiger charge is -2.20. The lowest BCUT2D eigenvalue weighted by atomic mass is 9.91. The van der Waals surface area contributed by atoms with Gasteiger partial charge in [-0.3, -0.25) is 14.4 Å². The fourth-order valence-electron chi connectivity index (χ4n) is 4.35. The van der Waals surface area contributed by atoms with Crippen LogP contribution in [0.15, 0.2) is 11.6 Å². The minimum Gasteiger partial charge on any atom is -0.496 e. The van der Waals surface area contributed by atoms with Crippen molar-refractivity contribution < 1.29 is 42.9 Å². The summed E-state index contributed by atoms with van der Waals surface area (Å²) in [5.41, 5.74) is 3.18. The van der Waals surface area contributed by atoms with Gasteiger partial charge in [0.25, 0.3) is 0 Å². The van der Waals surface area contributed by atoms with Crippen LogP contribution in [0.25, 0.3) is 0 Å². The van der Waals surface area contributed by atoms with Crippen LogP contribution in [0.1, 0.15) is 128 Å². The first kappa shape index (κ1) is 40.6. The van der Waals surface area contributed by atoms with Crippen LogP contribution < -0.4 is 9.47 Å². The first-order chi connectivity index (χ1) is 20.8. The molecule has 9 heteroatoms. The Morgan fingerprint density at radius 1 is 0.977 bits per heavy atom. The number of carbonyl (C=O) groups is 4. The normalized spacial score (nSPS) is 12.8. The Labute approximate surface area is 265 Å². The number of rotatable bonds is 14. The fraction of sp³-hybridized carbons (Fsp3) is 0.657. The lowest BCUT2D eigenvalue weighted by Crippen LogP contribution is -2.21. The van der Waals surface area contributed by atoms with Crippen LogP contribution in [-0.4, -0.2) is 44.7 Å². The number of hydrogen-bond donors (Lipinski definition) is 0. The maximum Gasteiger partial charge on any atom is 0.342 e. The van der Waals surface area contributed by atoms with Gasteiger partial charge >= 0.3 is 23.9 Å². The van der Waals surface area contributed by atoms with E-state index in [-0.39, 0.29) is 48.3 Å². The Balaban J connectivity index is 0.00000443. The molecule has 0 spiro atoms. The minimum absolute atomic E-state index is 0.0545. The van der Waals surface area contributed by atoms with Crippen LogP contribution >= 0.6 is 0 Å². The summed E-state index contributed by atoms with van der Waals surface area (Å²) in [4.78, 5) is 49.4. The zero-order chi connectivity index (χ0) is 34.0. The summed E-state index contributed by atoms with van der Waals surface area (Å²) in [6.45, 7) is 20.0. The quantitative estimate of drug-likeness (QED) is 0.0674. The van der Waals surface area contributed by atoms with Gasteiger partial charge in [-0.1, -0.05) is 67.0 Å². The molecule has 1 aromatic carbocycles. The average molecular weight is 621 g/mol. The highest BCUT2D eigenvalue weighted by atomic mass is 16.6. The summed E-state index contributed by atoms with van der Waals surface area (Å²) in [6.07, 6.45) is 5.04. The summed E-state index contributed by atoms with van der Waals surface area (Å²) in [6, 6.07) is 0. The van der Waals surface area contributed by atoms with E-state index < -0.39 is 17.9 Å². The molecule has 0 N–H and O–H groups in total. The van der Waals surface area contributed by atoms with E-state index in [0.717, 1.165) is 17.6 Å². The summed E-state index contributed by atoms with van der Waals surface area (Å²) < 4.78 is 26.9. The average Bonchev–Trinajstić information content (AvgIpc) is 3.40. The second kappa shape index (κ2) is 20.6. The van der Waals surface area contributed by atoms with Crippen molar-refractivity contribution in [1.29, 1.82) is 0 Å². The van der Waals surface area contributed by atoms with E-state index in [9.17, 15) is 19.2 Å². The van der Waals surface area contributed by atoms with Crippen molar-refractivity contribution >= 4 is 23.9 Å². The van der Waals surface area contributed by atoms with E-state index in [1.54, 1.807) is 6.92 Å². The highest BCUT2D eigenvalue weighted by molar-refractivity contribution is 5.99. The van der Waals surface area contributed by atoms with Gasteiger partial charge in [0.2, 0.25) is 0 Å². The van der Waals surface area contributed by atoms with Gasteiger partial charge in [0.05, 0.1) is 26.7 Å². The molecule has 44 heavy (non-hydrogen) atoms. The molecule has 1 aliphatic heterocycles. The summed E-state index contributed by atoms with van der Waals surface area (Å²) in [7, 11) is 2.88. The molecular weight excluding hydrogens is 564 g/mol.